The Labute approximate surface area is 214 Å². The number of anilines is 1. The highest BCUT2D eigenvalue weighted by molar-refractivity contribution is 9.10. The lowest BCUT2D eigenvalue weighted by Gasteiger charge is -2.28. The number of para-hydroxylation sites is 1. The van der Waals surface area contributed by atoms with Gasteiger partial charge >= 0.3 is 0 Å². The van der Waals surface area contributed by atoms with E-state index in [1.165, 1.54) is 0 Å². The molecule has 2 fully saturated rings. The maximum absolute atomic E-state index is 12.8. The molecule has 2 saturated heterocycles. The summed E-state index contributed by atoms with van der Waals surface area (Å²) in [5, 5.41) is 2.26. The van der Waals surface area contributed by atoms with Gasteiger partial charge in [0.05, 0.1) is 22.6 Å². The standard InChI is InChI=1S/C24H22BrN3O6S/c25-18-12-16(6-7-19(18)34-15-21(29)26-17-4-2-1-3-5-17)13-20-23(31)28(24(32)35-20)14-22(30)27-8-10-33-11-9-27/h1-7,12-13H,8-11,14-15H2,(H,26,29)/b20-13+. The third-order valence-electron chi connectivity index (χ3n) is 5.20. The molecule has 182 valence electrons. The van der Waals surface area contributed by atoms with Crippen LogP contribution in [0.15, 0.2) is 57.9 Å². The molecule has 0 spiro atoms. The minimum Gasteiger partial charge on any atom is -0.483 e. The Morgan fingerprint density at radius 2 is 1.86 bits per heavy atom. The van der Waals surface area contributed by atoms with Gasteiger partial charge in [0.15, 0.2) is 6.61 Å². The van der Waals surface area contributed by atoms with Crippen LogP contribution in [-0.2, 0) is 19.1 Å². The number of nitrogens with zero attached hydrogens (tertiary/aromatic N) is 2. The lowest BCUT2D eigenvalue weighted by Crippen LogP contribution is -2.46. The fourth-order valence-electron chi connectivity index (χ4n) is 3.42. The number of ether oxygens (including phenoxy) is 2. The second-order valence-corrected chi connectivity index (χ2v) is 9.50. The molecule has 2 heterocycles. The third kappa shape index (κ3) is 6.50. The second kappa shape index (κ2) is 11.5. The van der Waals surface area contributed by atoms with Crippen molar-refractivity contribution in [3.63, 3.8) is 0 Å². The number of carbonyl (C=O) groups excluding carboxylic acids is 4. The van der Waals surface area contributed by atoms with Gasteiger partial charge in [0.1, 0.15) is 12.3 Å². The number of imide groups is 1. The van der Waals surface area contributed by atoms with Gasteiger partial charge in [-0.15, -0.1) is 0 Å². The number of rotatable bonds is 7. The number of benzene rings is 2. The van der Waals surface area contributed by atoms with E-state index in [-0.39, 0.29) is 29.9 Å². The summed E-state index contributed by atoms with van der Waals surface area (Å²) in [6.45, 7) is 1.31. The molecule has 0 bridgehead atoms. The zero-order valence-electron chi connectivity index (χ0n) is 18.6. The fraction of sp³-hybridized carbons (Fsp3) is 0.250. The van der Waals surface area contributed by atoms with Crippen LogP contribution < -0.4 is 10.1 Å². The first-order chi connectivity index (χ1) is 16.9. The number of thioether (sulfide) groups is 1. The van der Waals surface area contributed by atoms with Gasteiger partial charge in [-0.1, -0.05) is 24.3 Å². The van der Waals surface area contributed by atoms with E-state index >= 15 is 0 Å². The molecule has 35 heavy (non-hydrogen) atoms. The summed E-state index contributed by atoms with van der Waals surface area (Å²) in [7, 11) is 0. The van der Waals surface area contributed by atoms with Gasteiger partial charge in [-0.05, 0) is 63.6 Å². The number of hydrogen-bond donors (Lipinski definition) is 1. The van der Waals surface area contributed by atoms with Crippen molar-refractivity contribution < 1.29 is 28.7 Å². The molecule has 0 saturated carbocycles. The van der Waals surface area contributed by atoms with Crippen LogP contribution in [-0.4, -0.2) is 72.2 Å². The lowest BCUT2D eigenvalue weighted by molar-refractivity contribution is -0.139. The Hall–Kier alpha value is -3.15. The van der Waals surface area contributed by atoms with E-state index in [0.29, 0.717) is 47.8 Å². The smallest absolute Gasteiger partial charge is 0.294 e. The molecule has 0 atom stereocenters. The van der Waals surface area contributed by atoms with Crippen molar-refractivity contribution >= 4 is 62.4 Å². The highest BCUT2D eigenvalue weighted by Crippen LogP contribution is 2.34. The highest BCUT2D eigenvalue weighted by Gasteiger charge is 2.37. The highest BCUT2D eigenvalue weighted by atomic mass is 79.9. The molecule has 0 unspecified atom stereocenters. The van der Waals surface area contributed by atoms with Crippen molar-refractivity contribution in [3.8, 4) is 5.75 Å². The predicted octanol–water partition coefficient (Wildman–Crippen LogP) is 3.36. The summed E-state index contributed by atoms with van der Waals surface area (Å²) < 4.78 is 11.4. The van der Waals surface area contributed by atoms with Crippen molar-refractivity contribution in [1.82, 2.24) is 9.80 Å². The molecule has 0 aliphatic carbocycles. The average Bonchev–Trinajstić information content (AvgIpc) is 3.12. The zero-order valence-corrected chi connectivity index (χ0v) is 21.0. The number of hydrogen-bond acceptors (Lipinski definition) is 7. The van der Waals surface area contributed by atoms with Gasteiger partial charge in [-0.25, -0.2) is 0 Å². The Morgan fingerprint density at radius 1 is 1.11 bits per heavy atom. The molecule has 9 nitrogen and oxygen atoms in total. The Bertz CT molecular complexity index is 1170. The molecule has 1 N–H and O–H groups in total. The summed E-state index contributed by atoms with van der Waals surface area (Å²) in [6, 6.07) is 14.2. The predicted molar refractivity (Wildman–Crippen MR) is 135 cm³/mol. The number of amides is 4. The molecule has 4 rings (SSSR count). The van der Waals surface area contributed by atoms with Gasteiger partial charge < -0.3 is 19.7 Å². The molecule has 11 heteroatoms. The van der Waals surface area contributed by atoms with Crippen LogP contribution in [0.5, 0.6) is 5.75 Å². The number of carbonyl (C=O) groups is 4. The molecule has 4 amide bonds. The van der Waals surface area contributed by atoms with Gasteiger partial charge in [0, 0.05) is 18.8 Å². The fourth-order valence-corrected chi connectivity index (χ4v) is 4.77. The summed E-state index contributed by atoms with van der Waals surface area (Å²) in [5.74, 6) is -0.630. The summed E-state index contributed by atoms with van der Waals surface area (Å²) in [4.78, 5) is 52.5. The number of halogens is 1. The number of nitrogens with one attached hydrogen (secondary N) is 1. The Kier molecular flexibility index (Phi) is 8.21. The molecule has 2 aromatic carbocycles. The molecule has 2 aliphatic rings. The largest absolute Gasteiger partial charge is 0.483 e. The van der Waals surface area contributed by atoms with Gasteiger partial charge in [0.25, 0.3) is 17.1 Å². The SMILES string of the molecule is O=C(COc1ccc(/C=C2/SC(=O)N(CC(=O)N3CCOCC3)C2=O)cc1Br)Nc1ccccc1. The van der Waals surface area contributed by atoms with Crippen molar-refractivity contribution in [3.05, 3.63) is 63.5 Å². The Balaban J connectivity index is 1.35. The van der Waals surface area contributed by atoms with Crippen LogP contribution in [0.2, 0.25) is 0 Å². The quantitative estimate of drug-likeness (QED) is 0.518. The van der Waals surface area contributed by atoms with E-state index in [1.807, 2.05) is 18.2 Å². The van der Waals surface area contributed by atoms with Crippen LogP contribution in [0.3, 0.4) is 0 Å². The van der Waals surface area contributed by atoms with E-state index in [0.717, 1.165) is 16.7 Å². The summed E-state index contributed by atoms with van der Waals surface area (Å²) in [6.07, 6.45) is 1.58. The normalized spacial score (nSPS) is 17.1. The molecule has 2 aliphatic heterocycles. The maximum atomic E-state index is 12.8. The summed E-state index contributed by atoms with van der Waals surface area (Å²) in [5.41, 5.74) is 1.33. The first-order valence-corrected chi connectivity index (χ1v) is 12.4. The van der Waals surface area contributed by atoms with Crippen LogP contribution in [0.25, 0.3) is 6.08 Å². The first kappa shape index (κ1) is 25.0. The van der Waals surface area contributed by atoms with Crippen LogP contribution >= 0.6 is 27.7 Å². The van der Waals surface area contributed by atoms with Crippen molar-refractivity contribution in [2.75, 3.05) is 44.8 Å². The first-order valence-electron chi connectivity index (χ1n) is 10.8. The molecule has 2 aromatic rings. The molecular formula is C24H22BrN3O6S. The van der Waals surface area contributed by atoms with Crippen LogP contribution in [0, 0.1) is 0 Å². The van der Waals surface area contributed by atoms with Crippen molar-refractivity contribution in [2.24, 2.45) is 0 Å². The topological polar surface area (TPSA) is 105 Å². The molecule has 0 aromatic heterocycles. The van der Waals surface area contributed by atoms with Crippen molar-refractivity contribution in [2.45, 2.75) is 0 Å². The number of morpholine rings is 1. The minimum atomic E-state index is -0.504. The van der Waals surface area contributed by atoms with Crippen LogP contribution in [0.4, 0.5) is 10.5 Å². The third-order valence-corrected chi connectivity index (χ3v) is 6.73. The molecular weight excluding hydrogens is 538 g/mol. The van der Waals surface area contributed by atoms with E-state index in [2.05, 4.69) is 21.2 Å². The van der Waals surface area contributed by atoms with E-state index in [1.54, 1.807) is 41.3 Å². The zero-order chi connectivity index (χ0) is 24.8. The van der Waals surface area contributed by atoms with Crippen molar-refractivity contribution in [1.29, 1.82) is 0 Å². The van der Waals surface area contributed by atoms with E-state index in [4.69, 9.17) is 9.47 Å². The van der Waals surface area contributed by atoms with E-state index in [9.17, 15) is 19.2 Å². The van der Waals surface area contributed by atoms with Crippen LogP contribution in [0.1, 0.15) is 5.56 Å². The van der Waals surface area contributed by atoms with Gasteiger partial charge in [-0.2, -0.15) is 0 Å². The second-order valence-electron chi connectivity index (χ2n) is 7.65. The Morgan fingerprint density at radius 3 is 2.57 bits per heavy atom. The maximum Gasteiger partial charge on any atom is 0.294 e. The summed E-state index contributed by atoms with van der Waals surface area (Å²) >= 11 is 4.21. The average molecular weight is 560 g/mol. The molecule has 0 radical (unpaired) electrons. The monoisotopic (exact) mass is 559 g/mol. The lowest BCUT2D eigenvalue weighted by atomic mass is 10.2. The van der Waals surface area contributed by atoms with Gasteiger partial charge in [0.2, 0.25) is 5.91 Å². The van der Waals surface area contributed by atoms with Gasteiger partial charge in [-0.3, -0.25) is 24.1 Å². The van der Waals surface area contributed by atoms with E-state index < -0.39 is 11.1 Å². The minimum absolute atomic E-state index is 0.178.